The average molecular weight is 284 g/mol. The van der Waals surface area contributed by atoms with Crippen molar-refractivity contribution in [3.63, 3.8) is 0 Å². The molecule has 0 spiro atoms. The van der Waals surface area contributed by atoms with Gasteiger partial charge in [-0.3, -0.25) is 4.79 Å². The molecular formula is C17H20N2O2. The van der Waals surface area contributed by atoms with Crippen molar-refractivity contribution in [1.29, 1.82) is 0 Å². The Morgan fingerprint density at radius 1 is 1.00 bits per heavy atom. The smallest absolute Gasteiger partial charge is 0.221 e. The van der Waals surface area contributed by atoms with Crippen LogP contribution in [0.2, 0.25) is 0 Å². The molecule has 0 bridgehead atoms. The van der Waals surface area contributed by atoms with Gasteiger partial charge in [0, 0.05) is 24.8 Å². The van der Waals surface area contributed by atoms with Gasteiger partial charge in [-0.25, -0.2) is 0 Å². The first-order chi connectivity index (χ1) is 10.2. The first-order valence-corrected chi connectivity index (χ1v) is 7.03. The van der Waals surface area contributed by atoms with Crippen LogP contribution in [0.4, 0.5) is 11.4 Å². The number of nitrogens with one attached hydrogen (secondary N) is 2. The highest BCUT2D eigenvalue weighted by Crippen LogP contribution is 2.13. The molecule has 0 heterocycles. The molecule has 4 heteroatoms. The van der Waals surface area contributed by atoms with Gasteiger partial charge in [-0.1, -0.05) is 18.2 Å². The van der Waals surface area contributed by atoms with Gasteiger partial charge in [0.2, 0.25) is 5.91 Å². The Labute approximate surface area is 125 Å². The lowest BCUT2D eigenvalue weighted by Gasteiger charge is -2.09. The summed E-state index contributed by atoms with van der Waals surface area (Å²) < 4.78 is 5.62. The maximum Gasteiger partial charge on any atom is 0.221 e. The fourth-order valence-corrected chi connectivity index (χ4v) is 1.89. The highest BCUT2D eigenvalue weighted by Gasteiger charge is 1.96. The molecule has 1 amide bonds. The van der Waals surface area contributed by atoms with Crippen LogP contribution in [0.5, 0.6) is 5.75 Å². The molecule has 0 aliphatic rings. The van der Waals surface area contributed by atoms with E-state index in [-0.39, 0.29) is 5.91 Å². The van der Waals surface area contributed by atoms with Gasteiger partial charge in [0.15, 0.2) is 0 Å². The predicted octanol–water partition coefficient (Wildman–Crippen LogP) is 3.53. The number of ether oxygens (including phenoxy) is 1. The highest BCUT2D eigenvalue weighted by molar-refractivity contribution is 5.88. The third kappa shape index (κ3) is 5.57. The molecule has 4 nitrogen and oxygen atoms in total. The summed E-state index contributed by atoms with van der Waals surface area (Å²) in [5.41, 5.74) is 1.84. The minimum Gasteiger partial charge on any atom is -0.494 e. The summed E-state index contributed by atoms with van der Waals surface area (Å²) in [5.74, 6) is 0.839. The van der Waals surface area contributed by atoms with Gasteiger partial charge in [0.1, 0.15) is 5.75 Å². The van der Waals surface area contributed by atoms with Crippen LogP contribution in [0.3, 0.4) is 0 Å². The zero-order chi connectivity index (χ0) is 14.9. The van der Waals surface area contributed by atoms with Crippen LogP contribution in [0.1, 0.15) is 13.3 Å². The number of hydrogen-bond acceptors (Lipinski definition) is 3. The number of hydrogen-bond donors (Lipinski definition) is 2. The van der Waals surface area contributed by atoms with Crippen LogP contribution >= 0.6 is 0 Å². The molecule has 0 atom stereocenters. The third-order valence-corrected chi connectivity index (χ3v) is 2.87. The minimum atomic E-state index is -0.0613. The lowest BCUT2D eigenvalue weighted by atomic mass is 10.2. The molecule has 0 aliphatic heterocycles. The molecular weight excluding hydrogens is 264 g/mol. The van der Waals surface area contributed by atoms with E-state index < -0.39 is 0 Å². The second-order valence-corrected chi connectivity index (χ2v) is 4.70. The molecule has 110 valence electrons. The first kappa shape index (κ1) is 14.9. The van der Waals surface area contributed by atoms with E-state index in [2.05, 4.69) is 10.6 Å². The van der Waals surface area contributed by atoms with E-state index in [1.165, 1.54) is 6.92 Å². The topological polar surface area (TPSA) is 50.4 Å². The zero-order valence-corrected chi connectivity index (χ0v) is 12.1. The quantitative estimate of drug-likeness (QED) is 0.765. The number of rotatable bonds is 7. The summed E-state index contributed by atoms with van der Waals surface area (Å²) in [6.45, 7) is 3.02. The number of carbonyl (C=O) groups excluding carboxylic acids is 1. The molecule has 2 aromatic carbocycles. The van der Waals surface area contributed by atoms with E-state index in [0.29, 0.717) is 6.61 Å². The zero-order valence-electron chi connectivity index (χ0n) is 12.1. The van der Waals surface area contributed by atoms with Crippen molar-refractivity contribution in [1.82, 2.24) is 0 Å². The summed E-state index contributed by atoms with van der Waals surface area (Å²) >= 11 is 0. The number of anilines is 2. The largest absolute Gasteiger partial charge is 0.494 e. The molecule has 0 aliphatic carbocycles. The average Bonchev–Trinajstić information content (AvgIpc) is 2.49. The molecule has 2 N–H and O–H groups in total. The molecule has 2 aromatic rings. The first-order valence-electron chi connectivity index (χ1n) is 7.03. The van der Waals surface area contributed by atoms with Crippen molar-refractivity contribution < 1.29 is 9.53 Å². The summed E-state index contributed by atoms with van der Waals surface area (Å²) in [4.78, 5) is 10.9. The van der Waals surface area contributed by atoms with E-state index in [9.17, 15) is 4.79 Å². The number of carbonyl (C=O) groups is 1. The summed E-state index contributed by atoms with van der Waals surface area (Å²) in [6, 6.07) is 17.5. The maximum atomic E-state index is 10.9. The number of para-hydroxylation sites is 1. The molecule has 0 saturated heterocycles. The fraction of sp³-hybridized carbons (Fsp3) is 0.235. The van der Waals surface area contributed by atoms with Crippen LogP contribution in [0.25, 0.3) is 0 Å². The maximum absolute atomic E-state index is 10.9. The van der Waals surface area contributed by atoms with Crippen LogP contribution < -0.4 is 15.4 Å². The van der Waals surface area contributed by atoms with Gasteiger partial charge in [-0.05, 0) is 42.8 Å². The van der Waals surface area contributed by atoms with Crippen molar-refractivity contribution in [2.45, 2.75) is 13.3 Å². The lowest BCUT2D eigenvalue weighted by Crippen LogP contribution is -2.08. The van der Waals surface area contributed by atoms with Gasteiger partial charge in [0.05, 0.1) is 6.61 Å². The van der Waals surface area contributed by atoms with Crippen LogP contribution in [0.15, 0.2) is 54.6 Å². The van der Waals surface area contributed by atoms with E-state index in [1.54, 1.807) is 0 Å². The van der Waals surface area contributed by atoms with Gasteiger partial charge >= 0.3 is 0 Å². The predicted molar refractivity (Wildman–Crippen MR) is 85.8 cm³/mol. The van der Waals surface area contributed by atoms with Gasteiger partial charge in [-0.15, -0.1) is 0 Å². The molecule has 21 heavy (non-hydrogen) atoms. The Morgan fingerprint density at radius 2 is 1.67 bits per heavy atom. The van der Waals surface area contributed by atoms with Crippen molar-refractivity contribution in [2.24, 2.45) is 0 Å². The van der Waals surface area contributed by atoms with E-state index in [1.807, 2.05) is 54.6 Å². The van der Waals surface area contributed by atoms with Crippen LogP contribution in [-0.2, 0) is 4.79 Å². The Balaban J connectivity index is 1.65. The van der Waals surface area contributed by atoms with Crippen molar-refractivity contribution in [2.75, 3.05) is 23.8 Å². The van der Waals surface area contributed by atoms with Crippen molar-refractivity contribution in [3.8, 4) is 5.75 Å². The standard InChI is InChI=1S/C17H20N2O2/c1-14(20)19-16-10-8-15(9-11-16)18-12-5-13-21-17-6-3-2-4-7-17/h2-4,6-11,18H,5,12-13H2,1H3,(H,19,20). The molecule has 2 rings (SSSR count). The summed E-state index contributed by atoms with van der Waals surface area (Å²) in [5, 5.41) is 6.06. The molecule has 0 fully saturated rings. The SMILES string of the molecule is CC(=O)Nc1ccc(NCCCOc2ccccc2)cc1. The number of benzene rings is 2. The van der Waals surface area contributed by atoms with Crippen LogP contribution in [0, 0.1) is 0 Å². The van der Waals surface area contributed by atoms with Gasteiger partial charge in [0.25, 0.3) is 0 Å². The van der Waals surface area contributed by atoms with E-state index in [4.69, 9.17) is 4.74 Å². The van der Waals surface area contributed by atoms with Crippen LogP contribution in [-0.4, -0.2) is 19.1 Å². The van der Waals surface area contributed by atoms with Gasteiger partial charge in [-0.2, -0.15) is 0 Å². The van der Waals surface area contributed by atoms with Crippen molar-refractivity contribution in [3.05, 3.63) is 54.6 Å². The molecule has 0 aromatic heterocycles. The molecule has 0 radical (unpaired) electrons. The highest BCUT2D eigenvalue weighted by atomic mass is 16.5. The Morgan fingerprint density at radius 3 is 2.33 bits per heavy atom. The second kappa shape index (κ2) is 7.94. The Kier molecular flexibility index (Phi) is 5.64. The minimum absolute atomic E-state index is 0.0613. The van der Waals surface area contributed by atoms with Crippen molar-refractivity contribution >= 4 is 17.3 Å². The van der Waals surface area contributed by atoms with E-state index in [0.717, 1.165) is 30.1 Å². The molecule has 0 saturated carbocycles. The Hall–Kier alpha value is -2.49. The lowest BCUT2D eigenvalue weighted by molar-refractivity contribution is -0.114. The molecule has 0 unspecified atom stereocenters. The number of amides is 1. The third-order valence-electron chi connectivity index (χ3n) is 2.87. The normalized spacial score (nSPS) is 9.95. The summed E-state index contributed by atoms with van der Waals surface area (Å²) in [7, 11) is 0. The fourth-order valence-electron chi connectivity index (χ4n) is 1.89. The monoisotopic (exact) mass is 284 g/mol. The van der Waals surface area contributed by atoms with E-state index >= 15 is 0 Å². The van der Waals surface area contributed by atoms with Gasteiger partial charge < -0.3 is 15.4 Å². The summed E-state index contributed by atoms with van der Waals surface area (Å²) in [6.07, 6.45) is 0.919. The second-order valence-electron chi connectivity index (χ2n) is 4.70. The Bertz CT molecular complexity index is 553.